The van der Waals surface area contributed by atoms with E-state index < -0.39 is 0 Å². The molecule has 0 heterocycles. The number of Topliss-reactive ketones (excluding diaryl/α,β-unsaturated/α-hetero) is 2. The number of hydrogen-bond donors (Lipinski definition) is 0. The zero-order valence-electron chi connectivity index (χ0n) is 5.02. The first-order valence-electron chi connectivity index (χ1n) is 2.12. The molecular weight excluding hydrogens is 324 g/mol. The first-order valence-corrected chi connectivity index (χ1v) is 2.12. The second-order valence-electron chi connectivity index (χ2n) is 1.58. The number of hydrogen-bond acceptors (Lipinski definition) is 2. The first kappa shape index (κ1) is 11.5. The number of ketones is 2. The normalized spacial score (nSPS) is 7.25. The van der Waals surface area contributed by atoms with Crippen LogP contribution in [0.25, 0.3) is 0 Å². The second kappa shape index (κ2) is 5.80. The summed E-state index contributed by atoms with van der Waals surface area (Å²) in [5.41, 5.74) is 0. The molecule has 0 N–H and O–H groups in total. The van der Waals surface area contributed by atoms with E-state index in [2.05, 4.69) is 0 Å². The van der Waals surface area contributed by atoms with Crippen LogP contribution in [0, 0.1) is 39.9 Å². The van der Waals surface area contributed by atoms with Crippen molar-refractivity contribution in [1.82, 2.24) is 0 Å². The van der Waals surface area contributed by atoms with E-state index in [4.69, 9.17) is 0 Å². The van der Waals surface area contributed by atoms with Crippen LogP contribution in [0.4, 0.5) is 0 Å². The SMILES string of the molecule is CC(=O)CC(C)=O.[Th+2]. The summed E-state index contributed by atoms with van der Waals surface area (Å²) in [5, 5.41) is 0. The minimum Gasteiger partial charge on any atom is -0.300 e. The summed E-state index contributed by atoms with van der Waals surface area (Å²) >= 11 is 0. The van der Waals surface area contributed by atoms with Crippen LogP contribution in [0.3, 0.4) is 0 Å². The molecule has 42 valence electrons. The van der Waals surface area contributed by atoms with Gasteiger partial charge in [0.1, 0.15) is 11.6 Å². The molecule has 0 aromatic heterocycles. The van der Waals surface area contributed by atoms with E-state index in [0.29, 0.717) is 0 Å². The van der Waals surface area contributed by atoms with Crippen LogP contribution in [-0.4, -0.2) is 11.6 Å². The Morgan fingerprint density at radius 1 is 1.12 bits per heavy atom. The van der Waals surface area contributed by atoms with Gasteiger partial charge in [0.25, 0.3) is 0 Å². The molecule has 0 aromatic rings. The van der Waals surface area contributed by atoms with Crippen LogP contribution in [0.5, 0.6) is 0 Å². The van der Waals surface area contributed by atoms with Gasteiger partial charge in [0.2, 0.25) is 0 Å². The molecule has 0 atom stereocenters. The number of rotatable bonds is 2. The van der Waals surface area contributed by atoms with Gasteiger partial charge in [-0.05, 0) is 13.8 Å². The molecule has 0 aliphatic carbocycles. The molecule has 0 saturated carbocycles. The van der Waals surface area contributed by atoms with Gasteiger partial charge >= 0.3 is 39.9 Å². The Morgan fingerprint density at radius 3 is 1.38 bits per heavy atom. The van der Waals surface area contributed by atoms with Crippen LogP contribution in [-0.2, 0) is 9.59 Å². The van der Waals surface area contributed by atoms with Gasteiger partial charge in [-0.15, -0.1) is 0 Å². The Morgan fingerprint density at radius 2 is 1.38 bits per heavy atom. The number of carbonyl (C=O) groups excluding carboxylic acids is 2. The van der Waals surface area contributed by atoms with Gasteiger partial charge in [-0.2, -0.15) is 0 Å². The average Bonchev–Trinajstić information content (AvgIpc) is 1.27. The predicted molar refractivity (Wildman–Crippen MR) is 26.0 cm³/mol. The van der Waals surface area contributed by atoms with Crippen molar-refractivity contribution >= 4 is 11.6 Å². The quantitative estimate of drug-likeness (QED) is 0.693. The molecule has 0 fully saturated rings. The van der Waals surface area contributed by atoms with Crippen molar-refractivity contribution < 1.29 is 49.5 Å². The van der Waals surface area contributed by atoms with E-state index in [-0.39, 0.29) is 57.9 Å². The van der Waals surface area contributed by atoms with Gasteiger partial charge in [0.15, 0.2) is 0 Å². The fourth-order valence-corrected chi connectivity index (χ4v) is 0.351. The molecule has 0 bridgehead atoms. The van der Waals surface area contributed by atoms with Gasteiger partial charge in [0.05, 0.1) is 6.42 Å². The maximum atomic E-state index is 10.0. The third kappa shape index (κ3) is 9.83. The second-order valence-corrected chi connectivity index (χ2v) is 1.58. The molecule has 0 rings (SSSR count). The summed E-state index contributed by atoms with van der Waals surface area (Å²) in [6, 6.07) is 0. The molecule has 8 heavy (non-hydrogen) atoms. The molecule has 0 amide bonds. The van der Waals surface area contributed by atoms with Gasteiger partial charge in [-0.1, -0.05) is 0 Å². The van der Waals surface area contributed by atoms with Crippen LogP contribution < -0.4 is 0 Å². The predicted octanol–water partition coefficient (Wildman–Crippen LogP) is 0.554. The van der Waals surface area contributed by atoms with Crippen molar-refractivity contribution in [3.63, 3.8) is 0 Å². The summed E-state index contributed by atoms with van der Waals surface area (Å²) in [6.07, 6.45) is 0.0833. The van der Waals surface area contributed by atoms with Crippen molar-refractivity contribution in [2.24, 2.45) is 0 Å². The monoisotopic (exact) mass is 332 g/mol. The van der Waals surface area contributed by atoms with E-state index in [9.17, 15) is 9.59 Å². The topological polar surface area (TPSA) is 34.1 Å². The zero-order valence-corrected chi connectivity index (χ0v) is 9.13. The molecule has 0 spiro atoms. The van der Waals surface area contributed by atoms with Crippen molar-refractivity contribution in [3.8, 4) is 0 Å². The van der Waals surface area contributed by atoms with E-state index >= 15 is 0 Å². The van der Waals surface area contributed by atoms with Gasteiger partial charge in [0, 0.05) is 0 Å². The molecule has 0 aliphatic heterocycles. The Labute approximate surface area is 80.7 Å². The molecule has 0 radical (unpaired) electrons. The smallest absolute Gasteiger partial charge is 0.300 e. The van der Waals surface area contributed by atoms with Crippen LogP contribution in [0.2, 0.25) is 0 Å². The third-order valence-electron chi connectivity index (χ3n) is 0.498. The molecule has 0 aliphatic rings. The van der Waals surface area contributed by atoms with Crippen LogP contribution in [0.1, 0.15) is 20.3 Å². The molecule has 0 aromatic carbocycles. The van der Waals surface area contributed by atoms with E-state index in [0.717, 1.165) is 0 Å². The minimum atomic E-state index is -0.0625. The third-order valence-corrected chi connectivity index (χ3v) is 0.498. The van der Waals surface area contributed by atoms with Gasteiger partial charge in [-0.3, -0.25) is 9.59 Å². The Hall–Kier alpha value is 0.665. The summed E-state index contributed by atoms with van der Waals surface area (Å²) in [7, 11) is 0. The van der Waals surface area contributed by atoms with Gasteiger partial charge in [-0.25, -0.2) is 0 Å². The molecule has 0 unspecified atom stereocenters. The first-order chi connectivity index (χ1) is 3.13. The minimum absolute atomic E-state index is 0. The van der Waals surface area contributed by atoms with Crippen LogP contribution >= 0.6 is 0 Å². The van der Waals surface area contributed by atoms with E-state index in [1.54, 1.807) is 0 Å². The molecule has 3 heteroatoms. The summed E-state index contributed by atoms with van der Waals surface area (Å²) in [5.74, 6) is -0.125. The maximum absolute atomic E-state index is 10.0. The Bertz CT molecular complexity index is 86.6. The zero-order chi connectivity index (χ0) is 5.86. The molecule has 0 saturated heterocycles. The number of carbonyl (C=O) groups is 2. The molecular formula is C5H8O2Th+2. The summed E-state index contributed by atoms with van der Waals surface area (Å²) < 4.78 is 0. The van der Waals surface area contributed by atoms with Gasteiger partial charge < -0.3 is 0 Å². The maximum Gasteiger partial charge on any atom is 2.00 e. The molecule has 2 nitrogen and oxygen atoms in total. The Balaban J connectivity index is 0. The van der Waals surface area contributed by atoms with E-state index in [1.807, 2.05) is 0 Å². The average molecular weight is 332 g/mol. The summed E-state index contributed by atoms with van der Waals surface area (Å²) in [4.78, 5) is 20.1. The van der Waals surface area contributed by atoms with Crippen molar-refractivity contribution in [1.29, 1.82) is 0 Å². The van der Waals surface area contributed by atoms with Crippen molar-refractivity contribution in [2.75, 3.05) is 0 Å². The standard InChI is InChI=1S/C5H8O2.Th/c1-4(6)3-5(2)7;/h3H2,1-2H3;/q;+2. The Kier molecular flexibility index (Phi) is 8.30. The van der Waals surface area contributed by atoms with Crippen LogP contribution in [0.15, 0.2) is 0 Å². The van der Waals surface area contributed by atoms with E-state index in [1.165, 1.54) is 13.8 Å². The fraction of sp³-hybridized carbons (Fsp3) is 0.600. The van der Waals surface area contributed by atoms with Crippen molar-refractivity contribution in [2.45, 2.75) is 20.3 Å². The fourth-order valence-electron chi connectivity index (χ4n) is 0.351. The van der Waals surface area contributed by atoms with Crippen molar-refractivity contribution in [3.05, 3.63) is 0 Å². The summed E-state index contributed by atoms with van der Waals surface area (Å²) in [6.45, 7) is 2.81. The largest absolute Gasteiger partial charge is 2.00 e.